The lowest BCUT2D eigenvalue weighted by Gasteiger charge is -2.09. The standard InChI is InChI=1S/C22H31N5O3S/c1-3-5-7-13-26-17(10-11-18(28)23-15-16-9-8-14-31-16)24-20-19(26)21(29)25-22(30)27(20)12-6-4-2/h8-9,14H,3-7,10-13,15H2,1-2H3,(H,23,28)(H,25,29,30). The van der Waals surface area contributed by atoms with Crippen LogP contribution in [0.15, 0.2) is 27.1 Å². The molecule has 0 atom stereocenters. The van der Waals surface area contributed by atoms with E-state index in [1.807, 2.05) is 22.1 Å². The number of carbonyl (C=O) groups excluding carboxylic acids is 1. The Balaban J connectivity index is 1.86. The molecule has 0 unspecified atom stereocenters. The van der Waals surface area contributed by atoms with Crippen molar-refractivity contribution < 1.29 is 4.79 Å². The Kier molecular flexibility index (Phi) is 8.22. The number of unbranched alkanes of at least 4 members (excludes halogenated alkanes) is 3. The van der Waals surface area contributed by atoms with Crippen molar-refractivity contribution in [3.05, 3.63) is 49.1 Å². The molecule has 0 aliphatic heterocycles. The van der Waals surface area contributed by atoms with Gasteiger partial charge in [-0.3, -0.25) is 19.1 Å². The highest BCUT2D eigenvalue weighted by Crippen LogP contribution is 2.16. The van der Waals surface area contributed by atoms with Crippen molar-refractivity contribution in [1.82, 2.24) is 24.4 Å². The van der Waals surface area contributed by atoms with Crippen LogP contribution in [0.4, 0.5) is 0 Å². The number of imidazole rings is 1. The monoisotopic (exact) mass is 445 g/mol. The smallest absolute Gasteiger partial charge is 0.330 e. The highest BCUT2D eigenvalue weighted by atomic mass is 32.1. The number of hydrogen-bond acceptors (Lipinski definition) is 5. The van der Waals surface area contributed by atoms with Crippen LogP contribution in [-0.2, 0) is 30.8 Å². The predicted octanol–water partition coefficient (Wildman–Crippen LogP) is 3.19. The number of aromatic nitrogens is 4. The molecule has 0 radical (unpaired) electrons. The number of nitrogens with zero attached hydrogens (tertiary/aromatic N) is 3. The molecule has 31 heavy (non-hydrogen) atoms. The van der Waals surface area contributed by atoms with Crippen molar-refractivity contribution >= 4 is 28.4 Å². The lowest BCUT2D eigenvalue weighted by molar-refractivity contribution is -0.121. The second-order valence-electron chi connectivity index (χ2n) is 7.68. The normalized spacial score (nSPS) is 11.3. The maximum absolute atomic E-state index is 12.7. The zero-order chi connectivity index (χ0) is 22.2. The summed E-state index contributed by atoms with van der Waals surface area (Å²) in [5.74, 6) is 0.622. The molecule has 8 nitrogen and oxygen atoms in total. The lowest BCUT2D eigenvalue weighted by atomic mass is 10.2. The van der Waals surface area contributed by atoms with Crippen LogP contribution < -0.4 is 16.6 Å². The molecule has 0 aliphatic carbocycles. The summed E-state index contributed by atoms with van der Waals surface area (Å²) in [5.41, 5.74) is 0.0167. The maximum atomic E-state index is 12.7. The van der Waals surface area contributed by atoms with Crippen LogP contribution in [0.5, 0.6) is 0 Å². The highest BCUT2D eigenvalue weighted by molar-refractivity contribution is 7.09. The minimum absolute atomic E-state index is 0.0575. The number of aryl methyl sites for hydroxylation is 3. The van der Waals surface area contributed by atoms with Crippen LogP contribution in [0.25, 0.3) is 11.2 Å². The molecule has 168 valence electrons. The summed E-state index contributed by atoms with van der Waals surface area (Å²) in [5, 5.41) is 4.91. The fourth-order valence-electron chi connectivity index (χ4n) is 3.61. The van der Waals surface area contributed by atoms with Gasteiger partial charge in [0, 0.05) is 30.8 Å². The molecule has 0 aromatic carbocycles. The number of H-pyrrole nitrogens is 1. The van der Waals surface area contributed by atoms with Crippen molar-refractivity contribution in [3.63, 3.8) is 0 Å². The lowest BCUT2D eigenvalue weighted by Crippen LogP contribution is -2.31. The van der Waals surface area contributed by atoms with E-state index in [4.69, 9.17) is 0 Å². The predicted molar refractivity (Wildman–Crippen MR) is 124 cm³/mol. The first-order valence-electron chi connectivity index (χ1n) is 11.1. The van der Waals surface area contributed by atoms with Gasteiger partial charge in [0.15, 0.2) is 11.2 Å². The molecule has 2 N–H and O–H groups in total. The molecule has 3 aromatic heterocycles. The second-order valence-corrected chi connectivity index (χ2v) is 8.71. The first-order chi connectivity index (χ1) is 15.0. The van der Waals surface area contributed by atoms with Crippen LogP contribution in [0.2, 0.25) is 0 Å². The molecule has 0 saturated carbocycles. The molecule has 0 saturated heterocycles. The summed E-state index contributed by atoms with van der Waals surface area (Å²) in [6.07, 6.45) is 5.45. The Morgan fingerprint density at radius 1 is 1.13 bits per heavy atom. The zero-order valence-corrected chi connectivity index (χ0v) is 19.1. The summed E-state index contributed by atoms with van der Waals surface area (Å²) in [6, 6.07) is 3.94. The van der Waals surface area contributed by atoms with E-state index in [9.17, 15) is 14.4 Å². The first kappa shape index (κ1) is 23.0. The van der Waals surface area contributed by atoms with Gasteiger partial charge in [-0.05, 0) is 24.3 Å². The summed E-state index contributed by atoms with van der Waals surface area (Å²) >= 11 is 1.61. The average Bonchev–Trinajstić information content (AvgIpc) is 3.39. The fourth-order valence-corrected chi connectivity index (χ4v) is 4.25. The van der Waals surface area contributed by atoms with Crippen molar-refractivity contribution in [1.29, 1.82) is 0 Å². The van der Waals surface area contributed by atoms with Gasteiger partial charge in [-0.1, -0.05) is 39.2 Å². The Morgan fingerprint density at radius 3 is 2.61 bits per heavy atom. The van der Waals surface area contributed by atoms with Crippen molar-refractivity contribution in [2.75, 3.05) is 0 Å². The van der Waals surface area contributed by atoms with E-state index in [1.165, 1.54) is 0 Å². The van der Waals surface area contributed by atoms with Crippen LogP contribution in [-0.4, -0.2) is 25.0 Å². The second kappa shape index (κ2) is 11.1. The molecule has 3 rings (SSSR count). The number of rotatable bonds is 12. The average molecular weight is 446 g/mol. The van der Waals surface area contributed by atoms with E-state index >= 15 is 0 Å². The van der Waals surface area contributed by atoms with Gasteiger partial charge < -0.3 is 9.88 Å². The third-order valence-electron chi connectivity index (χ3n) is 5.30. The molecule has 3 aromatic rings. The molecule has 3 heterocycles. The van der Waals surface area contributed by atoms with Gasteiger partial charge >= 0.3 is 5.69 Å². The number of hydrogen-bond donors (Lipinski definition) is 2. The van der Waals surface area contributed by atoms with Gasteiger partial charge in [-0.15, -0.1) is 11.3 Å². The van der Waals surface area contributed by atoms with E-state index in [0.717, 1.165) is 37.0 Å². The molecule has 0 fully saturated rings. The largest absolute Gasteiger partial charge is 0.351 e. The van der Waals surface area contributed by atoms with E-state index in [1.54, 1.807) is 15.9 Å². The zero-order valence-electron chi connectivity index (χ0n) is 18.3. The SMILES string of the molecule is CCCCCn1c(CCC(=O)NCc2cccs2)nc2c1c(=O)[nH]c(=O)n2CCCC. The minimum Gasteiger partial charge on any atom is -0.351 e. The molecule has 9 heteroatoms. The number of amides is 1. The van der Waals surface area contributed by atoms with Crippen LogP contribution in [0.3, 0.4) is 0 Å². The van der Waals surface area contributed by atoms with Crippen LogP contribution in [0, 0.1) is 0 Å². The molecule has 0 spiro atoms. The van der Waals surface area contributed by atoms with Gasteiger partial charge in [-0.2, -0.15) is 0 Å². The number of nitrogens with one attached hydrogen (secondary N) is 2. The van der Waals surface area contributed by atoms with Gasteiger partial charge in [0.25, 0.3) is 5.56 Å². The quantitative estimate of drug-likeness (QED) is 0.418. The Morgan fingerprint density at radius 2 is 1.90 bits per heavy atom. The summed E-state index contributed by atoms with van der Waals surface area (Å²) < 4.78 is 3.45. The van der Waals surface area contributed by atoms with E-state index in [-0.39, 0.29) is 12.3 Å². The van der Waals surface area contributed by atoms with Crippen molar-refractivity contribution in [2.45, 2.75) is 78.4 Å². The van der Waals surface area contributed by atoms with Crippen molar-refractivity contribution in [2.24, 2.45) is 0 Å². The highest BCUT2D eigenvalue weighted by Gasteiger charge is 2.19. The number of aromatic amines is 1. The van der Waals surface area contributed by atoms with Gasteiger partial charge in [0.2, 0.25) is 5.91 Å². The van der Waals surface area contributed by atoms with Gasteiger partial charge in [-0.25, -0.2) is 9.78 Å². The summed E-state index contributed by atoms with van der Waals surface area (Å²) in [4.78, 5) is 45.6. The molecular formula is C22H31N5O3S. The number of thiophene rings is 1. The first-order valence-corrected chi connectivity index (χ1v) is 11.9. The Bertz CT molecular complexity index is 1110. The van der Waals surface area contributed by atoms with Gasteiger partial charge in [0.05, 0.1) is 6.54 Å². The molecule has 1 amide bonds. The van der Waals surface area contributed by atoms with E-state index in [2.05, 4.69) is 29.1 Å². The Hall–Kier alpha value is -2.68. The van der Waals surface area contributed by atoms with Crippen LogP contribution >= 0.6 is 11.3 Å². The third kappa shape index (κ3) is 5.72. The summed E-state index contributed by atoms with van der Waals surface area (Å²) in [7, 11) is 0. The fraction of sp³-hybridized carbons (Fsp3) is 0.545. The topological polar surface area (TPSA) is 102 Å². The number of fused-ring (bicyclic) bond motifs is 1. The number of carbonyl (C=O) groups is 1. The molecule has 0 bridgehead atoms. The van der Waals surface area contributed by atoms with Crippen LogP contribution in [0.1, 0.15) is 63.1 Å². The van der Waals surface area contributed by atoms with Gasteiger partial charge in [0.1, 0.15) is 5.82 Å². The Labute approximate surface area is 185 Å². The van der Waals surface area contributed by atoms with Crippen molar-refractivity contribution in [3.8, 4) is 0 Å². The third-order valence-corrected chi connectivity index (χ3v) is 6.18. The molecular weight excluding hydrogens is 414 g/mol. The maximum Gasteiger partial charge on any atom is 0.330 e. The van der Waals surface area contributed by atoms with E-state index < -0.39 is 11.2 Å². The summed E-state index contributed by atoms with van der Waals surface area (Å²) in [6.45, 7) is 5.85. The minimum atomic E-state index is -0.426. The molecule has 0 aliphatic rings. The van der Waals surface area contributed by atoms with E-state index in [0.29, 0.717) is 43.0 Å².